The van der Waals surface area contributed by atoms with Crippen LogP contribution in [0.5, 0.6) is 0 Å². The third-order valence-electron chi connectivity index (χ3n) is 3.73. The smallest absolute Gasteiger partial charge is 0.317 e. The number of hydrogen-bond acceptors (Lipinski definition) is 5. The molecular formula is C16H14N4O2. The van der Waals surface area contributed by atoms with Gasteiger partial charge in [0.2, 0.25) is 0 Å². The summed E-state index contributed by atoms with van der Waals surface area (Å²) in [5.41, 5.74) is 3.26. The van der Waals surface area contributed by atoms with Crippen molar-refractivity contribution in [2.75, 3.05) is 13.1 Å². The Labute approximate surface area is 127 Å². The molecule has 110 valence electrons. The first kappa shape index (κ1) is 13.9. The molecule has 1 aromatic rings. The maximum Gasteiger partial charge on any atom is 0.317 e. The fraction of sp³-hybridized carbons (Fsp3) is 0.188. The SMILES string of the molecule is Cc1ccc(C2=C/C(=C\C#N)C([N+](=O)[O-])=C3NCCN23)cc1. The van der Waals surface area contributed by atoms with E-state index in [1.54, 1.807) is 6.08 Å². The van der Waals surface area contributed by atoms with Crippen LogP contribution in [0, 0.1) is 28.4 Å². The summed E-state index contributed by atoms with van der Waals surface area (Å²) in [4.78, 5) is 12.8. The first-order chi connectivity index (χ1) is 10.6. The van der Waals surface area contributed by atoms with Crippen LogP contribution in [-0.2, 0) is 0 Å². The van der Waals surface area contributed by atoms with Crippen LogP contribution in [0.4, 0.5) is 0 Å². The first-order valence-corrected chi connectivity index (χ1v) is 6.91. The number of nitro groups is 1. The Morgan fingerprint density at radius 2 is 2.14 bits per heavy atom. The maximum absolute atomic E-state index is 11.4. The minimum absolute atomic E-state index is 0.0464. The molecule has 6 nitrogen and oxygen atoms in total. The highest BCUT2D eigenvalue weighted by molar-refractivity contribution is 5.73. The number of aryl methyl sites for hydroxylation is 1. The Morgan fingerprint density at radius 1 is 1.41 bits per heavy atom. The lowest BCUT2D eigenvalue weighted by molar-refractivity contribution is -0.422. The molecule has 0 aromatic heterocycles. The van der Waals surface area contributed by atoms with Gasteiger partial charge in [0, 0.05) is 19.2 Å². The van der Waals surface area contributed by atoms with E-state index in [1.165, 1.54) is 6.08 Å². The molecule has 0 atom stereocenters. The van der Waals surface area contributed by atoms with E-state index in [4.69, 9.17) is 5.26 Å². The zero-order valence-electron chi connectivity index (χ0n) is 12.0. The summed E-state index contributed by atoms with van der Waals surface area (Å²) in [5.74, 6) is 0.463. The summed E-state index contributed by atoms with van der Waals surface area (Å²) in [6.45, 7) is 3.30. The van der Waals surface area contributed by atoms with Crippen molar-refractivity contribution in [3.8, 4) is 6.07 Å². The summed E-state index contributed by atoms with van der Waals surface area (Å²) in [6.07, 6.45) is 2.93. The van der Waals surface area contributed by atoms with Crippen LogP contribution in [0.3, 0.4) is 0 Å². The van der Waals surface area contributed by atoms with Crippen molar-refractivity contribution in [3.63, 3.8) is 0 Å². The number of fused-ring (bicyclic) bond motifs is 1. The maximum atomic E-state index is 11.4. The zero-order valence-corrected chi connectivity index (χ0v) is 12.0. The largest absolute Gasteiger partial charge is 0.364 e. The van der Waals surface area contributed by atoms with Crippen LogP contribution in [0.25, 0.3) is 5.70 Å². The van der Waals surface area contributed by atoms with Crippen molar-refractivity contribution in [3.05, 3.63) is 74.7 Å². The third kappa shape index (κ3) is 2.23. The monoisotopic (exact) mass is 294 g/mol. The van der Waals surface area contributed by atoms with Gasteiger partial charge in [-0.15, -0.1) is 0 Å². The van der Waals surface area contributed by atoms with E-state index >= 15 is 0 Å². The summed E-state index contributed by atoms with van der Waals surface area (Å²) in [7, 11) is 0. The van der Waals surface area contributed by atoms with Gasteiger partial charge in [0.25, 0.3) is 0 Å². The van der Waals surface area contributed by atoms with Crippen LogP contribution >= 0.6 is 0 Å². The molecule has 0 radical (unpaired) electrons. The molecule has 1 saturated heterocycles. The minimum atomic E-state index is -0.438. The van der Waals surface area contributed by atoms with Crippen molar-refractivity contribution < 1.29 is 4.92 Å². The molecule has 1 aromatic carbocycles. The lowest BCUT2D eigenvalue weighted by atomic mass is 10.0. The van der Waals surface area contributed by atoms with E-state index in [1.807, 2.05) is 42.2 Å². The van der Waals surface area contributed by atoms with E-state index in [0.29, 0.717) is 24.5 Å². The molecular weight excluding hydrogens is 280 g/mol. The van der Waals surface area contributed by atoms with E-state index in [-0.39, 0.29) is 5.70 Å². The van der Waals surface area contributed by atoms with E-state index in [0.717, 1.165) is 16.8 Å². The third-order valence-corrected chi connectivity index (χ3v) is 3.73. The molecule has 6 heteroatoms. The molecule has 2 heterocycles. The Morgan fingerprint density at radius 3 is 2.77 bits per heavy atom. The standard InChI is InChI=1S/C16H14N4O2/c1-11-2-4-12(5-3-11)14-10-13(6-7-17)15(20(21)22)16-18-8-9-19(14)16/h2-6,10,18H,8-9H2,1H3/b13-6+. The van der Waals surface area contributed by atoms with E-state index in [2.05, 4.69) is 5.32 Å². The van der Waals surface area contributed by atoms with Gasteiger partial charge in [-0.1, -0.05) is 29.8 Å². The molecule has 1 N–H and O–H groups in total. The predicted octanol–water partition coefficient (Wildman–Crippen LogP) is 2.15. The number of nitrogens with one attached hydrogen (secondary N) is 1. The molecule has 2 aliphatic rings. The summed E-state index contributed by atoms with van der Waals surface area (Å²) in [5, 5.41) is 23.4. The number of allylic oxidation sites excluding steroid dienone is 2. The fourth-order valence-corrected chi connectivity index (χ4v) is 2.71. The molecule has 0 amide bonds. The number of rotatable bonds is 2. The summed E-state index contributed by atoms with van der Waals surface area (Å²) < 4.78 is 0. The Balaban J connectivity index is 2.15. The highest BCUT2D eigenvalue weighted by Crippen LogP contribution is 2.35. The van der Waals surface area contributed by atoms with Crippen molar-refractivity contribution in [1.29, 1.82) is 5.26 Å². The number of hydrogen-bond donors (Lipinski definition) is 1. The van der Waals surface area contributed by atoms with Crippen molar-refractivity contribution in [1.82, 2.24) is 10.2 Å². The summed E-state index contributed by atoms with van der Waals surface area (Å²) >= 11 is 0. The van der Waals surface area contributed by atoms with Gasteiger partial charge in [0.1, 0.15) is 0 Å². The molecule has 0 saturated carbocycles. The topological polar surface area (TPSA) is 82.2 Å². The highest BCUT2D eigenvalue weighted by atomic mass is 16.6. The Kier molecular flexibility index (Phi) is 3.39. The second-order valence-electron chi connectivity index (χ2n) is 5.16. The minimum Gasteiger partial charge on any atom is -0.364 e. The van der Waals surface area contributed by atoms with Gasteiger partial charge in [-0.05, 0) is 18.6 Å². The van der Waals surface area contributed by atoms with Gasteiger partial charge in [0.05, 0.1) is 22.3 Å². The Hall–Kier alpha value is -3.07. The first-order valence-electron chi connectivity index (χ1n) is 6.91. The molecule has 0 bridgehead atoms. The van der Waals surface area contributed by atoms with Gasteiger partial charge in [0.15, 0.2) is 5.82 Å². The molecule has 22 heavy (non-hydrogen) atoms. The predicted molar refractivity (Wildman–Crippen MR) is 81.6 cm³/mol. The van der Waals surface area contributed by atoms with Crippen LogP contribution < -0.4 is 5.32 Å². The van der Waals surface area contributed by atoms with Gasteiger partial charge >= 0.3 is 5.70 Å². The Bertz CT molecular complexity index is 766. The second-order valence-corrected chi connectivity index (χ2v) is 5.16. The zero-order chi connectivity index (χ0) is 15.7. The average molecular weight is 294 g/mol. The van der Waals surface area contributed by atoms with Crippen LogP contribution in [-0.4, -0.2) is 22.9 Å². The van der Waals surface area contributed by atoms with Gasteiger partial charge in [-0.25, -0.2) is 0 Å². The molecule has 3 rings (SSSR count). The highest BCUT2D eigenvalue weighted by Gasteiger charge is 2.36. The average Bonchev–Trinajstić information content (AvgIpc) is 2.96. The van der Waals surface area contributed by atoms with Crippen molar-refractivity contribution >= 4 is 5.70 Å². The van der Waals surface area contributed by atoms with Gasteiger partial charge < -0.3 is 10.2 Å². The molecule has 1 fully saturated rings. The van der Waals surface area contributed by atoms with Gasteiger partial charge in [-0.2, -0.15) is 5.26 Å². The fourth-order valence-electron chi connectivity index (χ4n) is 2.71. The normalized spacial score (nSPS) is 18.6. The summed E-state index contributed by atoms with van der Waals surface area (Å²) in [6, 6.07) is 9.86. The van der Waals surface area contributed by atoms with Crippen molar-refractivity contribution in [2.45, 2.75) is 6.92 Å². The lowest BCUT2D eigenvalue weighted by Crippen LogP contribution is -2.27. The van der Waals surface area contributed by atoms with Crippen molar-refractivity contribution in [2.24, 2.45) is 0 Å². The van der Waals surface area contributed by atoms with Crippen LogP contribution in [0.2, 0.25) is 0 Å². The number of benzene rings is 1. The lowest BCUT2D eigenvalue weighted by Gasteiger charge is -2.26. The van der Waals surface area contributed by atoms with Crippen LogP contribution in [0.1, 0.15) is 11.1 Å². The number of nitriles is 1. The molecule has 0 aliphatic carbocycles. The van der Waals surface area contributed by atoms with Gasteiger partial charge in [-0.3, -0.25) is 10.1 Å². The number of nitrogens with zero attached hydrogens (tertiary/aromatic N) is 3. The molecule has 0 unspecified atom stereocenters. The van der Waals surface area contributed by atoms with E-state index < -0.39 is 4.92 Å². The molecule has 2 aliphatic heterocycles. The molecule has 0 spiro atoms. The van der Waals surface area contributed by atoms with Crippen LogP contribution in [0.15, 0.2) is 53.5 Å². The second kappa shape index (κ2) is 5.37. The quantitative estimate of drug-likeness (QED) is 0.513. The van der Waals surface area contributed by atoms with E-state index in [9.17, 15) is 10.1 Å².